The van der Waals surface area contributed by atoms with Crippen LogP contribution in [0.2, 0.25) is 0 Å². The van der Waals surface area contributed by atoms with E-state index in [-0.39, 0.29) is 12.0 Å². The molecule has 4 rings (SSSR count). The molecule has 1 aliphatic heterocycles. The highest BCUT2D eigenvalue weighted by molar-refractivity contribution is 6.25. The number of ether oxygens (including phenoxy) is 2. The van der Waals surface area contributed by atoms with Gasteiger partial charge in [0.1, 0.15) is 18.5 Å². The van der Waals surface area contributed by atoms with Gasteiger partial charge in [-0.2, -0.15) is 0 Å². The predicted molar refractivity (Wildman–Crippen MR) is 120 cm³/mol. The van der Waals surface area contributed by atoms with Crippen molar-refractivity contribution in [2.45, 2.75) is 25.9 Å². The monoisotopic (exact) mass is 415 g/mol. The van der Waals surface area contributed by atoms with Gasteiger partial charge in [-0.05, 0) is 48.4 Å². The third-order valence-corrected chi connectivity index (χ3v) is 5.10. The lowest BCUT2D eigenvalue weighted by atomic mass is 10.0. The van der Waals surface area contributed by atoms with Crippen LogP contribution >= 0.6 is 0 Å². The Balaban J connectivity index is 1.69. The SMILES string of the molecule is CCCc1ccc(C(=O)N(C(=O)c2ccccc2)c2ccccc2)cc1OCC1CO1. The standard InChI is InChI=1S/C26H25NO4/c1-2-9-19-14-15-21(16-24(19)31-18-23-17-30-23)26(29)27(22-12-7-4-8-13-22)25(28)20-10-5-3-6-11-20/h3-8,10-16,23H,2,9,17-18H2,1H3. The van der Waals surface area contributed by atoms with Crippen molar-refractivity contribution in [3.8, 4) is 5.75 Å². The first-order valence-corrected chi connectivity index (χ1v) is 10.5. The van der Waals surface area contributed by atoms with Crippen molar-refractivity contribution in [2.75, 3.05) is 18.1 Å². The summed E-state index contributed by atoms with van der Waals surface area (Å²) in [5.41, 5.74) is 2.41. The lowest BCUT2D eigenvalue weighted by Crippen LogP contribution is -2.37. The number of carbonyl (C=O) groups is 2. The molecule has 3 aromatic carbocycles. The van der Waals surface area contributed by atoms with E-state index < -0.39 is 5.91 Å². The van der Waals surface area contributed by atoms with Crippen LogP contribution in [-0.4, -0.2) is 31.1 Å². The molecule has 0 spiro atoms. The molecule has 1 heterocycles. The molecule has 1 saturated heterocycles. The number of para-hydroxylation sites is 1. The number of hydrogen-bond acceptors (Lipinski definition) is 4. The fraction of sp³-hybridized carbons (Fsp3) is 0.231. The molecule has 0 aromatic heterocycles. The molecule has 3 aromatic rings. The van der Waals surface area contributed by atoms with E-state index in [0.717, 1.165) is 18.4 Å². The summed E-state index contributed by atoms with van der Waals surface area (Å²) in [6.45, 7) is 3.26. The average molecular weight is 415 g/mol. The summed E-state index contributed by atoms with van der Waals surface area (Å²) in [4.78, 5) is 28.1. The van der Waals surface area contributed by atoms with Crippen molar-refractivity contribution < 1.29 is 19.1 Å². The third kappa shape index (κ3) is 5.01. The third-order valence-electron chi connectivity index (χ3n) is 5.10. The van der Waals surface area contributed by atoms with E-state index in [1.807, 2.05) is 30.3 Å². The number of imide groups is 1. The minimum absolute atomic E-state index is 0.120. The number of nitrogens with zero attached hydrogens (tertiary/aromatic N) is 1. The number of amides is 2. The number of hydrogen-bond donors (Lipinski definition) is 0. The fourth-order valence-electron chi connectivity index (χ4n) is 3.39. The zero-order valence-electron chi connectivity index (χ0n) is 17.5. The normalized spacial score (nSPS) is 14.7. The van der Waals surface area contributed by atoms with Crippen LogP contribution < -0.4 is 9.64 Å². The molecule has 5 heteroatoms. The number of anilines is 1. The van der Waals surface area contributed by atoms with Gasteiger partial charge in [-0.3, -0.25) is 9.59 Å². The predicted octanol–water partition coefficient (Wildman–Crippen LogP) is 4.90. The van der Waals surface area contributed by atoms with E-state index in [4.69, 9.17) is 9.47 Å². The Hall–Kier alpha value is -3.44. The van der Waals surface area contributed by atoms with Gasteiger partial charge in [0.25, 0.3) is 11.8 Å². The number of benzene rings is 3. The maximum absolute atomic E-state index is 13.6. The molecule has 1 unspecified atom stereocenters. The van der Waals surface area contributed by atoms with Crippen LogP contribution in [0, 0.1) is 0 Å². The van der Waals surface area contributed by atoms with E-state index in [1.54, 1.807) is 48.5 Å². The van der Waals surface area contributed by atoms with Gasteiger partial charge in [0.2, 0.25) is 0 Å². The minimum atomic E-state index is -0.393. The highest BCUT2D eigenvalue weighted by Crippen LogP contribution is 2.26. The number of rotatable bonds is 8. The minimum Gasteiger partial charge on any atom is -0.490 e. The molecule has 1 aliphatic rings. The Kier molecular flexibility index (Phi) is 6.43. The molecule has 0 saturated carbocycles. The molecular weight excluding hydrogens is 390 g/mol. The second-order valence-corrected chi connectivity index (χ2v) is 7.49. The summed E-state index contributed by atoms with van der Waals surface area (Å²) in [6.07, 6.45) is 1.93. The Morgan fingerprint density at radius 1 is 0.935 bits per heavy atom. The van der Waals surface area contributed by atoms with Gasteiger partial charge in [0.15, 0.2) is 0 Å². The van der Waals surface area contributed by atoms with Crippen LogP contribution in [0.5, 0.6) is 5.75 Å². The van der Waals surface area contributed by atoms with Crippen molar-refractivity contribution >= 4 is 17.5 Å². The summed E-state index contributed by atoms with van der Waals surface area (Å²) >= 11 is 0. The molecule has 0 aliphatic carbocycles. The lowest BCUT2D eigenvalue weighted by molar-refractivity contribution is 0.0897. The van der Waals surface area contributed by atoms with E-state index in [2.05, 4.69) is 6.92 Å². The Bertz CT molecular complexity index is 1050. The fourth-order valence-corrected chi connectivity index (χ4v) is 3.39. The van der Waals surface area contributed by atoms with Gasteiger partial charge in [0.05, 0.1) is 12.3 Å². The molecule has 5 nitrogen and oxygen atoms in total. The van der Waals surface area contributed by atoms with Crippen molar-refractivity contribution in [3.63, 3.8) is 0 Å². The van der Waals surface area contributed by atoms with Crippen LogP contribution in [0.15, 0.2) is 78.9 Å². The topological polar surface area (TPSA) is 59.1 Å². The quantitative estimate of drug-likeness (QED) is 0.388. The molecule has 0 bridgehead atoms. The molecular formula is C26H25NO4. The van der Waals surface area contributed by atoms with Crippen molar-refractivity contribution in [1.29, 1.82) is 0 Å². The maximum Gasteiger partial charge on any atom is 0.265 e. The summed E-state index contributed by atoms with van der Waals surface area (Å²) in [5, 5.41) is 0. The molecule has 0 radical (unpaired) electrons. The van der Waals surface area contributed by atoms with Crippen LogP contribution in [0.3, 0.4) is 0 Å². The second-order valence-electron chi connectivity index (χ2n) is 7.49. The molecule has 1 fully saturated rings. The van der Waals surface area contributed by atoms with Crippen molar-refractivity contribution in [1.82, 2.24) is 0 Å². The maximum atomic E-state index is 13.6. The highest BCUT2D eigenvalue weighted by Gasteiger charge is 2.27. The van der Waals surface area contributed by atoms with E-state index >= 15 is 0 Å². The van der Waals surface area contributed by atoms with Crippen LogP contribution in [0.1, 0.15) is 39.6 Å². The Labute approximate surface area is 182 Å². The molecule has 2 amide bonds. The van der Waals surface area contributed by atoms with Crippen molar-refractivity contribution in [2.24, 2.45) is 0 Å². The summed E-state index contributed by atoms with van der Waals surface area (Å²) < 4.78 is 11.2. The highest BCUT2D eigenvalue weighted by atomic mass is 16.6. The van der Waals surface area contributed by atoms with E-state index in [0.29, 0.717) is 35.8 Å². The van der Waals surface area contributed by atoms with Gasteiger partial charge < -0.3 is 9.47 Å². The van der Waals surface area contributed by atoms with Gasteiger partial charge >= 0.3 is 0 Å². The summed E-state index contributed by atoms with van der Waals surface area (Å²) in [6, 6.07) is 23.2. The zero-order valence-corrected chi connectivity index (χ0v) is 17.5. The second kappa shape index (κ2) is 9.58. The Morgan fingerprint density at radius 3 is 2.23 bits per heavy atom. The molecule has 1 atom stereocenters. The average Bonchev–Trinajstić information content (AvgIpc) is 3.64. The first-order valence-electron chi connectivity index (χ1n) is 10.5. The first kappa shape index (κ1) is 20.8. The van der Waals surface area contributed by atoms with E-state index in [1.165, 1.54) is 4.90 Å². The van der Waals surface area contributed by atoms with Crippen molar-refractivity contribution in [3.05, 3.63) is 95.6 Å². The zero-order chi connectivity index (χ0) is 21.6. The smallest absolute Gasteiger partial charge is 0.265 e. The number of carbonyl (C=O) groups excluding carboxylic acids is 2. The molecule has 0 N–H and O–H groups in total. The van der Waals surface area contributed by atoms with Gasteiger partial charge in [-0.15, -0.1) is 0 Å². The largest absolute Gasteiger partial charge is 0.490 e. The first-order chi connectivity index (χ1) is 15.2. The van der Waals surface area contributed by atoms with Gasteiger partial charge in [-0.1, -0.05) is 55.8 Å². The number of aryl methyl sites for hydroxylation is 1. The van der Waals surface area contributed by atoms with E-state index in [9.17, 15) is 9.59 Å². The summed E-state index contributed by atoms with van der Waals surface area (Å²) in [5.74, 6) is -0.0951. The van der Waals surface area contributed by atoms with Crippen LogP contribution in [0.4, 0.5) is 5.69 Å². The number of epoxide rings is 1. The summed E-state index contributed by atoms with van der Waals surface area (Å²) in [7, 11) is 0. The van der Waals surface area contributed by atoms with Crippen LogP contribution in [-0.2, 0) is 11.2 Å². The van der Waals surface area contributed by atoms with Gasteiger partial charge in [-0.25, -0.2) is 4.90 Å². The van der Waals surface area contributed by atoms with Crippen LogP contribution in [0.25, 0.3) is 0 Å². The lowest BCUT2D eigenvalue weighted by Gasteiger charge is -2.22. The van der Waals surface area contributed by atoms with Gasteiger partial charge in [0, 0.05) is 11.1 Å². The molecule has 158 valence electrons. The molecule has 31 heavy (non-hydrogen) atoms. The Morgan fingerprint density at radius 2 is 1.58 bits per heavy atom.